The second-order valence-electron chi connectivity index (χ2n) is 8.86. The Balaban J connectivity index is 2.23. The van der Waals surface area contributed by atoms with Crippen LogP contribution in [0.2, 0.25) is 0 Å². The number of fused-ring (bicyclic) bond motifs is 1. The third kappa shape index (κ3) is 6.34. The third-order valence-electron chi connectivity index (χ3n) is 4.62. The van der Waals surface area contributed by atoms with Crippen LogP contribution in [0.5, 0.6) is 0 Å². The van der Waals surface area contributed by atoms with Gasteiger partial charge in [-0.15, -0.1) is 0 Å². The number of ether oxygens (including phenoxy) is 2. The number of amides is 1. The Hall–Kier alpha value is -2.83. The Kier molecular flexibility index (Phi) is 7.65. The van der Waals surface area contributed by atoms with Gasteiger partial charge >= 0.3 is 11.9 Å². The predicted molar refractivity (Wildman–Crippen MR) is 115 cm³/mol. The molecule has 0 spiro atoms. The molecule has 1 amide bonds. The average Bonchev–Trinajstić information content (AvgIpc) is 3.06. The van der Waals surface area contributed by atoms with Crippen LogP contribution in [0.4, 0.5) is 0 Å². The van der Waals surface area contributed by atoms with Gasteiger partial charge in [0.15, 0.2) is 0 Å². The van der Waals surface area contributed by atoms with Crippen molar-refractivity contribution in [2.75, 3.05) is 7.11 Å². The number of esters is 2. The summed E-state index contributed by atoms with van der Waals surface area (Å²) in [5, 5.41) is 3.68. The van der Waals surface area contributed by atoms with Gasteiger partial charge in [-0.3, -0.25) is 9.59 Å². The topological polar surface area (TPSA) is 97.5 Å². The number of nitrogens with one attached hydrogen (secondary N) is 2. The molecule has 2 aromatic rings. The van der Waals surface area contributed by atoms with Crippen molar-refractivity contribution in [2.24, 2.45) is 11.8 Å². The Morgan fingerprint density at radius 1 is 1.10 bits per heavy atom. The highest BCUT2D eigenvalue weighted by molar-refractivity contribution is 5.99. The molecule has 1 aromatic heterocycles. The van der Waals surface area contributed by atoms with Crippen LogP contribution in [-0.2, 0) is 30.3 Å². The zero-order valence-electron chi connectivity index (χ0n) is 18.6. The molecule has 1 unspecified atom stereocenters. The summed E-state index contributed by atoms with van der Waals surface area (Å²) in [7, 11) is 1.27. The molecule has 164 valence electrons. The number of aromatic amines is 1. The van der Waals surface area contributed by atoms with Gasteiger partial charge in [-0.25, -0.2) is 4.79 Å². The second-order valence-corrected chi connectivity index (χ2v) is 8.86. The number of aromatic nitrogens is 1. The molecular weight excluding hydrogens is 384 g/mol. The molecule has 0 aliphatic carbocycles. The summed E-state index contributed by atoms with van der Waals surface area (Å²) in [4.78, 5) is 41.2. The fraction of sp³-hybridized carbons (Fsp3) is 0.522. The molecule has 0 fully saturated rings. The van der Waals surface area contributed by atoms with Crippen molar-refractivity contribution in [2.45, 2.75) is 59.1 Å². The van der Waals surface area contributed by atoms with Crippen molar-refractivity contribution in [1.29, 1.82) is 0 Å². The first-order chi connectivity index (χ1) is 14.0. The lowest BCUT2D eigenvalue weighted by Gasteiger charge is -2.25. The molecule has 0 saturated heterocycles. The highest BCUT2D eigenvalue weighted by Gasteiger charge is 2.34. The van der Waals surface area contributed by atoms with Crippen LogP contribution in [0.1, 0.15) is 46.6 Å². The highest BCUT2D eigenvalue weighted by atomic mass is 16.6. The van der Waals surface area contributed by atoms with E-state index in [2.05, 4.69) is 10.3 Å². The normalized spacial score (nSPS) is 13.7. The monoisotopic (exact) mass is 416 g/mol. The van der Waals surface area contributed by atoms with Crippen molar-refractivity contribution in [1.82, 2.24) is 10.3 Å². The van der Waals surface area contributed by atoms with Crippen molar-refractivity contribution in [3.63, 3.8) is 0 Å². The number of carbonyl (C=O) groups excluding carboxylic acids is 3. The van der Waals surface area contributed by atoms with E-state index in [9.17, 15) is 14.4 Å². The van der Waals surface area contributed by atoms with Crippen LogP contribution in [0.25, 0.3) is 10.9 Å². The Morgan fingerprint density at radius 2 is 1.77 bits per heavy atom. The second kappa shape index (κ2) is 9.78. The van der Waals surface area contributed by atoms with Crippen molar-refractivity contribution in [3.05, 3.63) is 36.0 Å². The number of carbonyl (C=O) groups is 3. The number of para-hydroxylation sites is 1. The quantitative estimate of drug-likeness (QED) is 0.508. The summed E-state index contributed by atoms with van der Waals surface area (Å²) in [6.45, 7) is 9.11. The van der Waals surface area contributed by atoms with E-state index in [4.69, 9.17) is 9.47 Å². The Labute approximate surface area is 177 Å². The van der Waals surface area contributed by atoms with Crippen LogP contribution in [0.3, 0.4) is 0 Å². The number of hydrogen-bond acceptors (Lipinski definition) is 5. The van der Waals surface area contributed by atoms with Crippen LogP contribution in [0, 0.1) is 11.8 Å². The van der Waals surface area contributed by atoms with Crippen LogP contribution >= 0.6 is 0 Å². The number of benzene rings is 1. The van der Waals surface area contributed by atoms with E-state index in [-0.39, 0.29) is 12.3 Å². The summed E-state index contributed by atoms with van der Waals surface area (Å²) < 4.78 is 10.3. The minimum Gasteiger partial charge on any atom is -0.467 e. The van der Waals surface area contributed by atoms with Gasteiger partial charge in [0.25, 0.3) is 0 Å². The lowest BCUT2D eigenvalue weighted by atomic mass is 9.95. The standard InChI is InChI=1S/C23H32N2O5/c1-14(2)11-17(21(27)30-23(3,4)5)20(26)25-19(22(28)29-6)12-15-13-24-18-10-8-7-9-16(15)18/h7-10,13-14,17,19,24H,11-12H2,1-6H3,(H,25,26)/t17?,19-/m0/s1. The maximum absolute atomic E-state index is 13.0. The minimum atomic E-state index is -1.00. The molecule has 7 nitrogen and oxygen atoms in total. The molecule has 0 radical (unpaired) electrons. The fourth-order valence-electron chi connectivity index (χ4n) is 3.28. The zero-order valence-corrected chi connectivity index (χ0v) is 18.6. The zero-order chi connectivity index (χ0) is 22.5. The van der Waals surface area contributed by atoms with E-state index < -0.39 is 35.4 Å². The van der Waals surface area contributed by atoms with E-state index in [1.807, 2.05) is 44.3 Å². The summed E-state index contributed by atoms with van der Waals surface area (Å²) in [6, 6.07) is 6.79. The van der Waals surface area contributed by atoms with Crippen LogP contribution < -0.4 is 5.32 Å². The molecule has 0 aliphatic heterocycles. The summed E-state index contributed by atoms with van der Waals surface area (Å²) in [5.41, 5.74) is 1.10. The number of methoxy groups -OCH3 is 1. The maximum atomic E-state index is 13.0. The lowest BCUT2D eigenvalue weighted by molar-refractivity contribution is -0.164. The number of H-pyrrole nitrogens is 1. The molecule has 2 atom stereocenters. The van der Waals surface area contributed by atoms with Gasteiger partial charge in [-0.05, 0) is 44.7 Å². The van der Waals surface area contributed by atoms with Gasteiger partial charge in [0, 0.05) is 23.5 Å². The molecule has 7 heteroatoms. The molecule has 0 saturated carbocycles. The Bertz CT molecular complexity index is 894. The number of rotatable bonds is 8. The van der Waals surface area contributed by atoms with E-state index in [1.165, 1.54) is 7.11 Å². The fourth-order valence-corrected chi connectivity index (χ4v) is 3.28. The lowest BCUT2D eigenvalue weighted by Crippen LogP contribution is -2.48. The average molecular weight is 417 g/mol. The summed E-state index contributed by atoms with van der Waals surface area (Å²) in [6.07, 6.45) is 2.37. The van der Waals surface area contributed by atoms with Gasteiger partial charge in [-0.2, -0.15) is 0 Å². The van der Waals surface area contributed by atoms with Gasteiger partial charge in [0.2, 0.25) is 5.91 Å². The maximum Gasteiger partial charge on any atom is 0.328 e. The van der Waals surface area contributed by atoms with Gasteiger partial charge in [-0.1, -0.05) is 32.0 Å². The molecule has 0 aliphatic rings. The molecule has 0 bridgehead atoms. The van der Waals surface area contributed by atoms with Crippen molar-refractivity contribution < 1.29 is 23.9 Å². The molecule has 2 N–H and O–H groups in total. The third-order valence-corrected chi connectivity index (χ3v) is 4.62. The Morgan fingerprint density at radius 3 is 2.37 bits per heavy atom. The number of hydrogen-bond donors (Lipinski definition) is 2. The molecule has 1 aromatic carbocycles. The van der Waals surface area contributed by atoms with E-state index in [0.717, 1.165) is 16.5 Å². The molecule has 1 heterocycles. The van der Waals surface area contributed by atoms with Gasteiger partial charge in [0.05, 0.1) is 7.11 Å². The van der Waals surface area contributed by atoms with E-state index >= 15 is 0 Å². The van der Waals surface area contributed by atoms with Gasteiger partial charge < -0.3 is 19.8 Å². The van der Waals surface area contributed by atoms with E-state index in [0.29, 0.717) is 6.42 Å². The molecular formula is C23H32N2O5. The smallest absolute Gasteiger partial charge is 0.328 e. The first-order valence-electron chi connectivity index (χ1n) is 10.2. The summed E-state index contributed by atoms with van der Waals surface area (Å²) in [5.74, 6) is -2.60. The SMILES string of the molecule is COC(=O)[C@H](Cc1c[nH]c2ccccc12)NC(=O)C(CC(C)C)C(=O)OC(C)(C)C. The first kappa shape index (κ1) is 23.4. The largest absolute Gasteiger partial charge is 0.467 e. The van der Waals surface area contributed by atoms with E-state index in [1.54, 1.807) is 20.8 Å². The van der Waals surface area contributed by atoms with Crippen LogP contribution in [-0.4, -0.2) is 41.6 Å². The predicted octanol–water partition coefficient (Wildman–Crippen LogP) is 3.37. The van der Waals surface area contributed by atoms with Gasteiger partial charge in [0.1, 0.15) is 17.6 Å². The highest BCUT2D eigenvalue weighted by Crippen LogP contribution is 2.21. The molecule has 2 rings (SSSR count). The van der Waals surface area contributed by atoms with Crippen LogP contribution in [0.15, 0.2) is 30.5 Å². The first-order valence-corrected chi connectivity index (χ1v) is 10.2. The molecule has 30 heavy (non-hydrogen) atoms. The summed E-state index contributed by atoms with van der Waals surface area (Å²) >= 11 is 0. The minimum absolute atomic E-state index is 0.0958. The van der Waals surface area contributed by atoms with Crippen molar-refractivity contribution in [3.8, 4) is 0 Å². The van der Waals surface area contributed by atoms with Crippen molar-refractivity contribution >= 4 is 28.7 Å².